The van der Waals surface area contributed by atoms with E-state index in [1.54, 1.807) is 20.8 Å². The van der Waals surface area contributed by atoms with Gasteiger partial charge in [-0.25, -0.2) is 4.79 Å². The monoisotopic (exact) mass is 339 g/mol. The number of nitrogens with zero attached hydrogens (tertiary/aromatic N) is 1. The summed E-state index contributed by atoms with van der Waals surface area (Å²) in [5.74, 6) is -0.457. The lowest BCUT2D eigenvalue weighted by Crippen LogP contribution is -2.53. The van der Waals surface area contributed by atoms with E-state index in [9.17, 15) is 22.8 Å². The highest BCUT2D eigenvalue weighted by molar-refractivity contribution is 5.78. The molecule has 1 aliphatic carbocycles. The molecule has 2 amide bonds. The highest BCUT2D eigenvalue weighted by Gasteiger charge is 2.43. The van der Waals surface area contributed by atoms with Crippen molar-refractivity contribution in [3.05, 3.63) is 0 Å². The molecule has 9 heteroatoms. The Hall–Kier alpha value is -1.51. The fourth-order valence-electron chi connectivity index (χ4n) is 1.85. The lowest BCUT2D eigenvalue weighted by Gasteiger charge is -2.30. The van der Waals surface area contributed by atoms with Crippen molar-refractivity contribution in [3.63, 3.8) is 0 Å². The second-order valence-corrected chi connectivity index (χ2v) is 6.70. The summed E-state index contributed by atoms with van der Waals surface area (Å²) >= 11 is 0. The zero-order valence-corrected chi connectivity index (χ0v) is 13.8. The van der Waals surface area contributed by atoms with Crippen molar-refractivity contribution in [1.29, 1.82) is 0 Å². The molecule has 1 unspecified atom stereocenters. The molecule has 0 heterocycles. The summed E-state index contributed by atoms with van der Waals surface area (Å²) in [7, 11) is 1.20. The first-order valence-corrected chi connectivity index (χ1v) is 7.41. The van der Waals surface area contributed by atoms with Crippen molar-refractivity contribution in [3.8, 4) is 0 Å². The van der Waals surface area contributed by atoms with Crippen LogP contribution >= 0.6 is 0 Å². The molecule has 0 bridgehead atoms. The van der Waals surface area contributed by atoms with E-state index >= 15 is 0 Å². The van der Waals surface area contributed by atoms with Gasteiger partial charge in [0.25, 0.3) is 0 Å². The fraction of sp³-hybridized carbons (Fsp3) is 0.857. The first-order chi connectivity index (χ1) is 10.4. The van der Waals surface area contributed by atoms with E-state index in [1.807, 2.05) is 0 Å². The first-order valence-electron chi connectivity index (χ1n) is 7.41. The molecular weight excluding hydrogens is 315 g/mol. The largest absolute Gasteiger partial charge is 0.444 e. The third kappa shape index (κ3) is 8.06. The van der Waals surface area contributed by atoms with Gasteiger partial charge in [0.05, 0.1) is 6.54 Å². The van der Waals surface area contributed by atoms with Crippen LogP contribution in [0.25, 0.3) is 0 Å². The molecule has 0 saturated heterocycles. The van der Waals surface area contributed by atoms with E-state index in [1.165, 1.54) is 7.05 Å². The lowest BCUT2D eigenvalue weighted by molar-refractivity contribution is -0.179. The van der Waals surface area contributed by atoms with Crippen LogP contribution < -0.4 is 10.6 Å². The molecule has 6 nitrogen and oxygen atoms in total. The Balaban J connectivity index is 2.54. The second kappa shape index (κ2) is 7.37. The molecule has 0 aromatic rings. The molecule has 0 spiro atoms. The maximum Gasteiger partial charge on any atom is 0.407 e. The molecule has 1 aliphatic rings. The number of alkyl carbamates (subject to hydrolysis) is 1. The number of ether oxygens (including phenoxy) is 1. The van der Waals surface area contributed by atoms with E-state index in [-0.39, 0.29) is 6.04 Å². The number of halogens is 3. The van der Waals surface area contributed by atoms with E-state index in [4.69, 9.17) is 4.74 Å². The van der Waals surface area contributed by atoms with Gasteiger partial charge in [0.2, 0.25) is 5.91 Å². The number of carbonyl (C=O) groups excluding carboxylic acids is 2. The van der Waals surface area contributed by atoms with E-state index in [2.05, 4.69) is 10.6 Å². The zero-order valence-electron chi connectivity index (χ0n) is 13.8. The van der Waals surface area contributed by atoms with Gasteiger partial charge in [-0.3, -0.25) is 9.69 Å². The van der Waals surface area contributed by atoms with Gasteiger partial charge in [0, 0.05) is 12.6 Å². The Morgan fingerprint density at radius 2 is 1.83 bits per heavy atom. The van der Waals surface area contributed by atoms with Gasteiger partial charge in [-0.1, -0.05) is 0 Å². The van der Waals surface area contributed by atoms with Gasteiger partial charge in [-0.05, 0) is 40.7 Å². The molecule has 0 radical (unpaired) electrons. The molecule has 134 valence electrons. The first kappa shape index (κ1) is 19.5. The van der Waals surface area contributed by atoms with Crippen LogP contribution in [-0.2, 0) is 9.53 Å². The van der Waals surface area contributed by atoms with Gasteiger partial charge in [-0.2, -0.15) is 13.2 Å². The molecule has 0 aromatic carbocycles. The van der Waals surface area contributed by atoms with Crippen LogP contribution in [0, 0.1) is 0 Å². The number of hydrogen-bond donors (Lipinski definition) is 2. The predicted molar refractivity (Wildman–Crippen MR) is 77.9 cm³/mol. The number of carbonyl (C=O) groups is 2. The zero-order chi connectivity index (χ0) is 17.8. The number of rotatable bonds is 6. The van der Waals surface area contributed by atoms with E-state index in [0.717, 1.165) is 17.7 Å². The van der Waals surface area contributed by atoms with Crippen molar-refractivity contribution >= 4 is 12.0 Å². The van der Waals surface area contributed by atoms with Crippen LogP contribution in [-0.4, -0.2) is 60.9 Å². The summed E-state index contributed by atoms with van der Waals surface area (Å²) in [6, 6.07) is -1.89. The quantitative estimate of drug-likeness (QED) is 0.772. The third-order valence-electron chi connectivity index (χ3n) is 3.08. The lowest BCUT2D eigenvalue weighted by atomic mass is 10.2. The summed E-state index contributed by atoms with van der Waals surface area (Å²) < 4.78 is 44.3. The Bertz CT molecular complexity index is 431. The molecule has 1 saturated carbocycles. The van der Waals surface area contributed by atoms with E-state index in [0.29, 0.717) is 0 Å². The highest BCUT2D eigenvalue weighted by atomic mass is 19.4. The Kier molecular flexibility index (Phi) is 6.26. The van der Waals surface area contributed by atoms with Crippen molar-refractivity contribution in [2.75, 3.05) is 20.1 Å². The van der Waals surface area contributed by atoms with Crippen LogP contribution in [0.1, 0.15) is 33.6 Å². The number of hydrogen-bond acceptors (Lipinski definition) is 4. The van der Waals surface area contributed by atoms with Crippen LogP contribution in [0.3, 0.4) is 0 Å². The number of likely N-dealkylation sites (N-methyl/N-ethyl adjacent to an activating group) is 1. The van der Waals surface area contributed by atoms with Crippen molar-refractivity contribution in [1.82, 2.24) is 15.5 Å². The average Bonchev–Trinajstić information content (AvgIpc) is 3.08. The highest BCUT2D eigenvalue weighted by Crippen LogP contribution is 2.24. The Labute approximate surface area is 133 Å². The minimum atomic E-state index is -4.58. The standard InChI is InChI=1S/C14H24F3N3O3/c1-13(2,3)23-12(22)18-7-10(14(15,16)17)20(4)8-11(21)19-9-5-6-9/h9-10H,5-8H2,1-4H3,(H,18,22)(H,19,21). The summed E-state index contributed by atoms with van der Waals surface area (Å²) in [5, 5.41) is 4.73. The topological polar surface area (TPSA) is 70.7 Å². The molecule has 23 heavy (non-hydrogen) atoms. The summed E-state index contributed by atoms with van der Waals surface area (Å²) in [6.45, 7) is 3.76. The van der Waals surface area contributed by atoms with Crippen molar-refractivity contribution in [2.24, 2.45) is 0 Å². The van der Waals surface area contributed by atoms with Crippen LogP contribution in [0.4, 0.5) is 18.0 Å². The van der Waals surface area contributed by atoms with Gasteiger partial charge in [0.15, 0.2) is 0 Å². The molecule has 1 rings (SSSR count). The summed E-state index contributed by atoms with van der Waals surface area (Å²) in [6.07, 6.45) is -3.79. The Morgan fingerprint density at radius 1 is 1.26 bits per heavy atom. The molecular formula is C14H24F3N3O3. The SMILES string of the molecule is CN(CC(=O)NC1CC1)C(CNC(=O)OC(C)(C)C)C(F)(F)F. The fourth-order valence-corrected chi connectivity index (χ4v) is 1.85. The van der Waals surface area contributed by atoms with Crippen LogP contribution in [0.2, 0.25) is 0 Å². The Morgan fingerprint density at radius 3 is 2.26 bits per heavy atom. The molecule has 1 fully saturated rings. The minimum Gasteiger partial charge on any atom is -0.444 e. The molecule has 0 aromatic heterocycles. The number of alkyl halides is 3. The summed E-state index contributed by atoms with van der Waals surface area (Å²) in [4.78, 5) is 24.0. The normalized spacial score (nSPS) is 16.9. The molecule has 1 atom stereocenters. The van der Waals surface area contributed by atoms with Crippen LogP contribution in [0.15, 0.2) is 0 Å². The van der Waals surface area contributed by atoms with Gasteiger partial charge in [-0.15, -0.1) is 0 Å². The van der Waals surface area contributed by atoms with Gasteiger partial charge in [0.1, 0.15) is 11.6 Å². The molecule has 2 N–H and O–H groups in total. The second-order valence-electron chi connectivity index (χ2n) is 6.70. The predicted octanol–water partition coefficient (Wildman–Crippen LogP) is 1.65. The van der Waals surface area contributed by atoms with Gasteiger partial charge >= 0.3 is 12.3 Å². The number of amides is 2. The summed E-state index contributed by atoms with van der Waals surface area (Å²) in [5.41, 5.74) is -0.798. The minimum absolute atomic E-state index is 0.0834. The van der Waals surface area contributed by atoms with Crippen LogP contribution in [0.5, 0.6) is 0 Å². The maximum atomic E-state index is 13.1. The molecule has 0 aliphatic heterocycles. The third-order valence-corrected chi connectivity index (χ3v) is 3.08. The smallest absolute Gasteiger partial charge is 0.407 e. The maximum absolute atomic E-state index is 13.1. The van der Waals surface area contributed by atoms with Crippen molar-refractivity contribution < 1.29 is 27.5 Å². The average molecular weight is 339 g/mol. The van der Waals surface area contributed by atoms with Crippen molar-refractivity contribution in [2.45, 2.75) is 57.5 Å². The van der Waals surface area contributed by atoms with E-state index < -0.39 is 42.9 Å². The van der Waals surface area contributed by atoms with Gasteiger partial charge < -0.3 is 15.4 Å². The number of nitrogens with one attached hydrogen (secondary N) is 2.